The maximum absolute atomic E-state index is 12.7. The van der Waals surface area contributed by atoms with Gasteiger partial charge in [-0.25, -0.2) is 0 Å². The molecule has 1 aliphatic carbocycles. The van der Waals surface area contributed by atoms with Gasteiger partial charge < -0.3 is 15.4 Å². The van der Waals surface area contributed by atoms with Crippen LogP contribution < -0.4 is 10.6 Å². The van der Waals surface area contributed by atoms with Gasteiger partial charge in [0.2, 0.25) is 5.91 Å². The summed E-state index contributed by atoms with van der Waals surface area (Å²) in [6, 6.07) is 0.220. The molecule has 0 spiro atoms. The molecule has 20 heavy (non-hydrogen) atoms. The van der Waals surface area contributed by atoms with E-state index in [9.17, 15) is 4.79 Å². The van der Waals surface area contributed by atoms with Gasteiger partial charge in [0.15, 0.2) is 0 Å². The fraction of sp³-hybridized carbons (Fsp3) is 0.933. The van der Waals surface area contributed by atoms with Crippen LogP contribution in [0.25, 0.3) is 0 Å². The minimum Gasteiger partial charge on any atom is -0.376 e. The Kier molecular flexibility index (Phi) is 4.02. The molecule has 0 radical (unpaired) electrons. The van der Waals surface area contributed by atoms with E-state index in [2.05, 4.69) is 15.5 Å². The van der Waals surface area contributed by atoms with Crippen molar-refractivity contribution in [2.75, 3.05) is 32.8 Å². The van der Waals surface area contributed by atoms with Crippen LogP contribution in [0, 0.1) is 5.92 Å². The Hall–Kier alpha value is -0.650. The summed E-state index contributed by atoms with van der Waals surface area (Å²) >= 11 is 0. The Morgan fingerprint density at radius 2 is 1.95 bits per heavy atom. The number of amides is 1. The molecule has 2 unspecified atom stereocenters. The minimum absolute atomic E-state index is 0.153. The highest BCUT2D eigenvalue weighted by molar-refractivity contribution is 5.85. The molecule has 3 aliphatic rings. The Labute approximate surface area is 121 Å². The predicted octanol–water partition coefficient (Wildman–Crippen LogP) is 0.354. The van der Waals surface area contributed by atoms with Crippen LogP contribution in [0.4, 0.5) is 0 Å². The van der Waals surface area contributed by atoms with Gasteiger partial charge in [0, 0.05) is 32.8 Å². The molecule has 3 fully saturated rings. The van der Waals surface area contributed by atoms with Crippen molar-refractivity contribution < 1.29 is 9.53 Å². The lowest BCUT2D eigenvalue weighted by Crippen LogP contribution is -2.61. The smallest absolute Gasteiger partial charge is 0.240 e. The van der Waals surface area contributed by atoms with E-state index in [0.717, 1.165) is 39.2 Å². The number of carbonyl (C=O) groups excluding carboxylic acids is 1. The second-order valence-corrected chi connectivity index (χ2v) is 6.84. The highest BCUT2D eigenvalue weighted by Gasteiger charge is 2.43. The summed E-state index contributed by atoms with van der Waals surface area (Å²) in [5, 5.41) is 6.60. The van der Waals surface area contributed by atoms with Crippen molar-refractivity contribution in [2.24, 2.45) is 5.92 Å². The minimum atomic E-state index is -0.432. The van der Waals surface area contributed by atoms with Crippen LogP contribution >= 0.6 is 0 Å². The molecule has 1 saturated carbocycles. The number of ether oxygens (including phenoxy) is 1. The largest absolute Gasteiger partial charge is 0.376 e. The van der Waals surface area contributed by atoms with Gasteiger partial charge >= 0.3 is 0 Å². The fourth-order valence-electron chi connectivity index (χ4n) is 3.37. The maximum Gasteiger partial charge on any atom is 0.240 e. The monoisotopic (exact) mass is 281 g/mol. The number of hydrogen-bond donors (Lipinski definition) is 2. The third kappa shape index (κ3) is 2.85. The number of carbonyl (C=O) groups is 1. The van der Waals surface area contributed by atoms with E-state index in [1.165, 1.54) is 12.8 Å². The van der Waals surface area contributed by atoms with E-state index < -0.39 is 5.54 Å². The van der Waals surface area contributed by atoms with Crippen molar-refractivity contribution >= 4 is 5.91 Å². The summed E-state index contributed by atoms with van der Waals surface area (Å²) < 4.78 is 5.81. The number of nitrogens with one attached hydrogen (secondary N) is 2. The van der Waals surface area contributed by atoms with Gasteiger partial charge in [-0.15, -0.1) is 0 Å². The Morgan fingerprint density at radius 3 is 2.60 bits per heavy atom. The maximum atomic E-state index is 12.7. The van der Waals surface area contributed by atoms with Crippen molar-refractivity contribution in [3.8, 4) is 0 Å². The normalized spacial score (nSPS) is 32.3. The van der Waals surface area contributed by atoms with Crippen LogP contribution in [-0.4, -0.2) is 61.3 Å². The summed E-state index contributed by atoms with van der Waals surface area (Å²) in [6.07, 6.45) is 3.75. The Morgan fingerprint density at radius 1 is 1.25 bits per heavy atom. The second-order valence-electron chi connectivity index (χ2n) is 6.84. The van der Waals surface area contributed by atoms with Crippen molar-refractivity contribution in [3.63, 3.8) is 0 Å². The molecule has 2 saturated heterocycles. The van der Waals surface area contributed by atoms with Crippen molar-refractivity contribution in [3.05, 3.63) is 0 Å². The van der Waals surface area contributed by atoms with Crippen LogP contribution in [0.5, 0.6) is 0 Å². The van der Waals surface area contributed by atoms with E-state index in [0.29, 0.717) is 5.92 Å². The average molecular weight is 281 g/mol. The van der Waals surface area contributed by atoms with Crippen LogP contribution in [0.1, 0.15) is 33.1 Å². The highest BCUT2D eigenvalue weighted by atomic mass is 16.5. The Balaban J connectivity index is 1.59. The molecular formula is C15H27N3O2. The first-order valence-electron chi connectivity index (χ1n) is 7.97. The van der Waals surface area contributed by atoms with Crippen LogP contribution in [0.2, 0.25) is 0 Å². The molecule has 0 aromatic heterocycles. The highest BCUT2D eigenvalue weighted by Crippen LogP contribution is 2.38. The first kappa shape index (κ1) is 14.3. The van der Waals surface area contributed by atoms with Gasteiger partial charge in [-0.1, -0.05) is 0 Å². The van der Waals surface area contributed by atoms with E-state index in [1.807, 2.05) is 13.8 Å². The van der Waals surface area contributed by atoms with Gasteiger partial charge in [0.1, 0.15) is 0 Å². The van der Waals surface area contributed by atoms with E-state index in [1.54, 1.807) is 0 Å². The van der Waals surface area contributed by atoms with Crippen molar-refractivity contribution in [1.82, 2.24) is 15.5 Å². The topological polar surface area (TPSA) is 53.6 Å². The summed E-state index contributed by atoms with van der Waals surface area (Å²) in [4.78, 5) is 15.0. The zero-order valence-corrected chi connectivity index (χ0v) is 12.7. The lowest BCUT2D eigenvalue weighted by Gasteiger charge is -2.40. The molecule has 2 heterocycles. The number of nitrogens with zero attached hydrogens (tertiary/aromatic N) is 1. The molecule has 2 N–H and O–H groups in total. The lowest BCUT2D eigenvalue weighted by molar-refractivity contribution is -0.133. The van der Waals surface area contributed by atoms with E-state index in [-0.39, 0.29) is 18.1 Å². The third-order valence-corrected chi connectivity index (χ3v) is 5.00. The number of rotatable bonds is 4. The molecule has 5 heteroatoms. The van der Waals surface area contributed by atoms with Crippen LogP contribution in [0.15, 0.2) is 0 Å². The first-order valence-corrected chi connectivity index (χ1v) is 7.97. The molecule has 2 atom stereocenters. The summed E-state index contributed by atoms with van der Waals surface area (Å²) in [6.45, 7) is 8.68. The summed E-state index contributed by atoms with van der Waals surface area (Å²) in [7, 11) is 0. The van der Waals surface area contributed by atoms with Gasteiger partial charge in [-0.05, 0) is 39.0 Å². The number of hydrogen-bond acceptors (Lipinski definition) is 4. The Bertz CT molecular complexity index is 362. The summed E-state index contributed by atoms with van der Waals surface area (Å²) in [5.74, 6) is 0.839. The van der Waals surface area contributed by atoms with Crippen LogP contribution in [0.3, 0.4) is 0 Å². The van der Waals surface area contributed by atoms with E-state index >= 15 is 0 Å². The fourth-order valence-corrected chi connectivity index (χ4v) is 3.37. The molecule has 0 aromatic rings. The van der Waals surface area contributed by atoms with E-state index in [4.69, 9.17) is 4.74 Å². The molecular weight excluding hydrogens is 254 g/mol. The third-order valence-electron chi connectivity index (χ3n) is 5.00. The lowest BCUT2D eigenvalue weighted by atomic mass is 9.98. The SMILES string of the molecule is CC(C)(C(=O)NC1CCOC1C1CC1)N1CCNCC1. The zero-order valence-electron chi connectivity index (χ0n) is 12.7. The molecule has 2 aliphatic heterocycles. The molecule has 114 valence electrons. The average Bonchev–Trinajstić information content (AvgIpc) is 3.20. The van der Waals surface area contributed by atoms with Crippen LogP contribution in [-0.2, 0) is 9.53 Å². The van der Waals surface area contributed by atoms with Gasteiger partial charge in [-0.2, -0.15) is 0 Å². The van der Waals surface area contributed by atoms with Gasteiger partial charge in [0.05, 0.1) is 17.7 Å². The van der Waals surface area contributed by atoms with Gasteiger partial charge in [-0.3, -0.25) is 9.69 Å². The molecule has 0 aromatic carbocycles. The van der Waals surface area contributed by atoms with Crippen molar-refractivity contribution in [2.45, 2.75) is 50.8 Å². The quantitative estimate of drug-likeness (QED) is 0.781. The molecule has 1 amide bonds. The molecule has 0 bridgehead atoms. The summed E-state index contributed by atoms with van der Waals surface area (Å²) in [5.41, 5.74) is -0.432. The predicted molar refractivity (Wildman–Crippen MR) is 77.5 cm³/mol. The first-order chi connectivity index (χ1) is 9.59. The van der Waals surface area contributed by atoms with Gasteiger partial charge in [0.25, 0.3) is 0 Å². The zero-order chi connectivity index (χ0) is 14.2. The standard InChI is InChI=1S/C15H27N3O2/c1-15(2,18-8-6-16-7-9-18)14(19)17-12-5-10-20-13(12)11-3-4-11/h11-13,16H,3-10H2,1-2H3,(H,17,19). The number of piperazine rings is 1. The molecule has 3 rings (SSSR count). The molecule has 5 nitrogen and oxygen atoms in total. The van der Waals surface area contributed by atoms with Crippen molar-refractivity contribution in [1.29, 1.82) is 0 Å². The second kappa shape index (κ2) is 5.62.